The van der Waals surface area contributed by atoms with Crippen LogP contribution in [0.5, 0.6) is 0 Å². The molecule has 1 aromatic rings. The second kappa shape index (κ2) is 8.44. The lowest BCUT2D eigenvalue weighted by Crippen LogP contribution is -2.43. The molecule has 2 fully saturated rings. The number of aliphatic imine (C=N–C) groups is 1. The lowest BCUT2D eigenvalue weighted by Gasteiger charge is -2.38. The predicted octanol–water partition coefficient (Wildman–Crippen LogP) is 1.71. The van der Waals surface area contributed by atoms with Crippen molar-refractivity contribution in [3.8, 4) is 0 Å². The first-order valence-corrected chi connectivity index (χ1v) is 11.1. The Kier molecular flexibility index (Phi) is 6.19. The van der Waals surface area contributed by atoms with Gasteiger partial charge >= 0.3 is 0 Å². The lowest BCUT2D eigenvalue weighted by atomic mass is 9.68. The number of hydrogen-bond acceptors (Lipinski definition) is 5. The molecule has 0 aromatic heterocycles. The van der Waals surface area contributed by atoms with Gasteiger partial charge in [-0.1, -0.05) is 12.5 Å². The van der Waals surface area contributed by atoms with Crippen molar-refractivity contribution < 1.29 is 13.3 Å². The molecule has 1 aliphatic carbocycles. The molecule has 0 atom stereocenters. The molecular formula is C18H27N5O4S. The van der Waals surface area contributed by atoms with E-state index in [0.29, 0.717) is 12.0 Å². The molecule has 0 amide bonds. The van der Waals surface area contributed by atoms with E-state index in [4.69, 9.17) is 0 Å². The first-order chi connectivity index (χ1) is 13.4. The summed E-state index contributed by atoms with van der Waals surface area (Å²) in [7, 11) is -3.82. The SMILES string of the molecule is CCNC(=NCCNS(=O)(=O)c1cccc([N+](=O)[O-])c1)N1CCC2(CCC2)C1. The maximum atomic E-state index is 12.4. The monoisotopic (exact) mass is 409 g/mol. The van der Waals surface area contributed by atoms with Crippen molar-refractivity contribution in [2.24, 2.45) is 10.4 Å². The number of sulfonamides is 1. The van der Waals surface area contributed by atoms with E-state index in [1.54, 1.807) is 0 Å². The summed E-state index contributed by atoms with van der Waals surface area (Å²) >= 11 is 0. The van der Waals surface area contributed by atoms with Crippen LogP contribution in [0.3, 0.4) is 0 Å². The molecule has 1 aliphatic heterocycles. The van der Waals surface area contributed by atoms with Crippen LogP contribution in [-0.2, 0) is 10.0 Å². The van der Waals surface area contributed by atoms with Crippen molar-refractivity contribution in [1.29, 1.82) is 0 Å². The van der Waals surface area contributed by atoms with Gasteiger partial charge in [-0.3, -0.25) is 15.1 Å². The zero-order valence-electron chi connectivity index (χ0n) is 16.1. The summed E-state index contributed by atoms with van der Waals surface area (Å²) in [5, 5.41) is 14.1. The van der Waals surface area contributed by atoms with E-state index in [1.165, 1.54) is 43.9 Å². The normalized spacial score (nSPS) is 18.9. The molecule has 3 rings (SSSR count). The standard InChI is InChI=1S/C18H27N5O4S/c1-2-19-17(22-12-9-18(14-22)7-4-8-18)20-10-11-21-28(26,27)16-6-3-5-15(13-16)23(24)25/h3,5-6,13,21H,2,4,7-12,14H2,1H3,(H,19,20). The Morgan fingerprint density at radius 3 is 2.75 bits per heavy atom. The molecule has 1 aromatic carbocycles. The van der Waals surface area contributed by atoms with Crippen LogP contribution in [0, 0.1) is 15.5 Å². The van der Waals surface area contributed by atoms with Crippen LogP contribution in [0.15, 0.2) is 34.2 Å². The number of nitrogens with zero attached hydrogens (tertiary/aromatic N) is 3. The highest BCUT2D eigenvalue weighted by atomic mass is 32.2. The Balaban J connectivity index is 1.57. The van der Waals surface area contributed by atoms with E-state index in [2.05, 4.69) is 19.9 Å². The van der Waals surface area contributed by atoms with Crippen molar-refractivity contribution in [3.05, 3.63) is 34.4 Å². The van der Waals surface area contributed by atoms with Gasteiger partial charge in [0.2, 0.25) is 10.0 Å². The minimum Gasteiger partial charge on any atom is -0.357 e. The molecule has 1 heterocycles. The quantitative estimate of drug-likeness (QED) is 0.233. The molecule has 1 saturated carbocycles. The van der Waals surface area contributed by atoms with Crippen LogP contribution in [-0.4, -0.2) is 56.9 Å². The molecule has 1 spiro atoms. The Hall–Kier alpha value is -2.20. The average molecular weight is 410 g/mol. The fourth-order valence-corrected chi connectivity index (χ4v) is 4.88. The highest BCUT2D eigenvalue weighted by Crippen LogP contribution is 2.47. The zero-order valence-corrected chi connectivity index (χ0v) is 16.9. The lowest BCUT2D eigenvalue weighted by molar-refractivity contribution is -0.385. The van der Waals surface area contributed by atoms with Gasteiger partial charge in [-0.2, -0.15) is 0 Å². The first-order valence-electron chi connectivity index (χ1n) is 9.63. The van der Waals surface area contributed by atoms with Gasteiger partial charge in [0.15, 0.2) is 5.96 Å². The van der Waals surface area contributed by atoms with Crippen molar-refractivity contribution in [2.45, 2.75) is 37.5 Å². The predicted molar refractivity (Wildman–Crippen MR) is 107 cm³/mol. The largest absolute Gasteiger partial charge is 0.357 e. The van der Waals surface area contributed by atoms with Gasteiger partial charge < -0.3 is 10.2 Å². The highest BCUT2D eigenvalue weighted by molar-refractivity contribution is 7.89. The molecule has 1 saturated heterocycles. The molecule has 0 unspecified atom stereocenters. The fourth-order valence-electron chi connectivity index (χ4n) is 3.82. The van der Waals surface area contributed by atoms with Crippen molar-refractivity contribution in [3.63, 3.8) is 0 Å². The summed E-state index contributed by atoms with van der Waals surface area (Å²) in [6.07, 6.45) is 5.07. The van der Waals surface area contributed by atoms with Crippen molar-refractivity contribution >= 4 is 21.7 Å². The summed E-state index contributed by atoms with van der Waals surface area (Å²) in [5.41, 5.74) is 0.203. The number of nitrogens with one attached hydrogen (secondary N) is 2. The smallest absolute Gasteiger partial charge is 0.270 e. The number of non-ortho nitro benzene ring substituents is 1. The molecule has 154 valence electrons. The molecule has 10 heteroatoms. The summed E-state index contributed by atoms with van der Waals surface area (Å²) in [6, 6.07) is 5.01. The number of hydrogen-bond donors (Lipinski definition) is 2. The second-order valence-corrected chi connectivity index (χ2v) is 9.18. The Morgan fingerprint density at radius 2 is 2.14 bits per heavy atom. The maximum absolute atomic E-state index is 12.4. The molecule has 0 bridgehead atoms. The topological polar surface area (TPSA) is 117 Å². The molecule has 0 radical (unpaired) electrons. The van der Waals surface area contributed by atoms with E-state index >= 15 is 0 Å². The average Bonchev–Trinajstić information content (AvgIpc) is 3.10. The Labute approximate surface area is 165 Å². The molecule has 28 heavy (non-hydrogen) atoms. The third-order valence-corrected chi connectivity index (χ3v) is 6.95. The van der Waals surface area contributed by atoms with Crippen LogP contribution in [0.2, 0.25) is 0 Å². The van der Waals surface area contributed by atoms with Crippen LogP contribution < -0.4 is 10.0 Å². The Morgan fingerprint density at radius 1 is 1.36 bits per heavy atom. The minimum absolute atomic E-state index is 0.121. The summed E-state index contributed by atoms with van der Waals surface area (Å²) < 4.78 is 27.2. The number of benzene rings is 1. The van der Waals surface area contributed by atoms with E-state index in [-0.39, 0.29) is 17.1 Å². The van der Waals surface area contributed by atoms with E-state index < -0.39 is 14.9 Å². The fraction of sp³-hybridized carbons (Fsp3) is 0.611. The van der Waals surface area contributed by atoms with Gasteiger partial charge in [-0.25, -0.2) is 13.1 Å². The van der Waals surface area contributed by atoms with Crippen molar-refractivity contribution in [1.82, 2.24) is 14.9 Å². The summed E-state index contributed by atoms with van der Waals surface area (Å²) in [5.74, 6) is 0.820. The number of guanidine groups is 1. The van der Waals surface area contributed by atoms with Gasteiger partial charge in [0.05, 0.1) is 16.4 Å². The van der Waals surface area contributed by atoms with Gasteiger partial charge in [0.25, 0.3) is 5.69 Å². The maximum Gasteiger partial charge on any atom is 0.270 e. The Bertz CT molecular complexity index is 851. The third kappa shape index (κ3) is 4.61. The first kappa shape index (κ1) is 20.5. The van der Waals surface area contributed by atoms with E-state index in [9.17, 15) is 18.5 Å². The molecule has 2 aliphatic rings. The van der Waals surface area contributed by atoms with Gasteiger partial charge in [0.1, 0.15) is 0 Å². The molecule has 2 N–H and O–H groups in total. The third-order valence-electron chi connectivity index (χ3n) is 5.49. The van der Waals surface area contributed by atoms with Crippen LogP contribution in [0.1, 0.15) is 32.6 Å². The number of nitro groups is 1. The van der Waals surface area contributed by atoms with Crippen LogP contribution >= 0.6 is 0 Å². The van der Waals surface area contributed by atoms with Gasteiger partial charge in [-0.05, 0) is 37.7 Å². The number of nitro benzene ring substituents is 1. The minimum atomic E-state index is -3.82. The van der Waals surface area contributed by atoms with Crippen LogP contribution in [0.25, 0.3) is 0 Å². The molecule has 9 nitrogen and oxygen atoms in total. The second-order valence-electron chi connectivity index (χ2n) is 7.41. The van der Waals surface area contributed by atoms with Crippen LogP contribution in [0.4, 0.5) is 5.69 Å². The van der Waals surface area contributed by atoms with E-state index in [0.717, 1.165) is 31.7 Å². The highest BCUT2D eigenvalue weighted by Gasteiger charge is 2.43. The zero-order chi connectivity index (χ0) is 20.2. The number of likely N-dealkylation sites (tertiary alicyclic amines) is 1. The summed E-state index contributed by atoms with van der Waals surface area (Å²) in [4.78, 5) is 16.9. The van der Waals surface area contributed by atoms with Gasteiger partial charge in [-0.15, -0.1) is 0 Å². The van der Waals surface area contributed by atoms with Gasteiger partial charge in [0, 0.05) is 38.3 Å². The van der Waals surface area contributed by atoms with E-state index in [1.807, 2.05) is 6.92 Å². The van der Waals surface area contributed by atoms with Crippen molar-refractivity contribution in [2.75, 3.05) is 32.7 Å². The molecular weight excluding hydrogens is 382 g/mol. The summed E-state index contributed by atoms with van der Waals surface area (Å²) in [6.45, 7) is 5.17. The number of rotatable bonds is 7.